The number of nitrogens with zero attached hydrogens (tertiary/aromatic N) is 1. The number of thiophene rings is 2. The van der Waals surface area contributed by atoms with E-state index in [-0.39, 0.29) is 11.7 Å². The van der Waals surface area contributed by atoms with Gasteiger partial charge in [0.15, 0.2) is 0 Å². The lowest BCUT2D eigenvalue weighted by atomic mass is 10.1. The van der Waals surface area contributed by atoms with Crippen molar-refractivity contribution >= 4 is 62.2 Å². The maximum absolute atomic E-state index is 12.6. The first-order chi connectivity index (χ1) is 14.6. The number of amides is 1. The Bertz CT molecular complexity index is 1220. The van der Waals surface area contributed by atoms with Gasteiger partial charge in [0.25, 0.3) is 0 Å². The number of carbonyl (C=O) groups excluding carboxylic acids is 2. The number of hydrogen-bond donors (Lipinski definition) is 1. The first-order valence-electron chi connectivity index (χ1n) is 9.09. The lowest BCUT2D eigenvalue weighted by Gasteiger charge is -2.08. The Hall–Kier alpha value is -2.68. The number of aromatic nitrogens is 1. The first-order valence-corrected chi connectivity index (χ1v) is 11.8. The van der Waals surface area contributed by atoms with Crippen LogP contribution >= 0.6 is 34.4 Å². The summed E-state index contributed by atoms with van der Waals surface area (Å²) in [4.78, 5) is 30.5. The first kappa shape index (κ1) is 20.6. The molecule has 152 valence electrons. The van der Waals surface area contributed by atoms with Crippen molar-refractivity contribution < 1.29 is 14.3 Å². The van der Waals surface area contributed by atoms with Gasteiger partial charge in [0, 0.05) is 21.2 Å². The Kier molecular flexibility index (Phi) is 6.17. The number of pyridine rings is 1. The molecule has 0 saturated carbocycles. The molecule has 4 aromatic rings. The molecular formula is C22H18N2O3S3. The van der Waals surface area contributed by atoms with E-state index in [1.807, 2.05) is 60.1 Å². The third-order valence-corrected chi connectivity index (χ3v) is 7.18. The quantitative estimate of drug-likeness (QED) is 0.292. The fraction of sp³-hybridized carbons (Fsp3) is 0.136. The molecule has 5 nitrogen and oxygen atoms in total. The summed E-state index contributed by atoms with van der Waals surface area (Å²) in [5, 5.41) is 9.08. The molecule has 1 N–H and O–H groups in total. The Morgan fingerprint density at radius 2 is 2.00 bits per heavy atom. The molecule has 0 radical (unpaired) electrons. The maximum atomic E-state index is 12.6. The third-order valence-electron chi connectivity index (χ3n) is 4.47. The molecule has 0 atom stereocenters. The number of ether oxygens (including phenoxy) is 1. The highest BCUT2D eigenvalue weighted by Crippen LogP contribution is 2.38. The van der Waals surface area contributed by atoms with Crippen LogP contribution in [0.25, 0.3) is 21.3 Å². The number of rotatable bonds is 6. The number of esters is 1. The van der Waals surface area contributed by atoms with E-state index in [2.05, 4.69) is 10.3 Å². The Balaban J connectivity index is 1.50. The second-order valence-corrected chi connectivity index (χ2v) is 9.28. The van der Waals surface area contributed by atoms with Crippen LogP contribution in [0.3, 0.4) is 0 Å². The van der Waals surface area contributed by atoms with E-state index in [1.165, 1.54) is 41.5 Å². The van der Waals surface area contributed by atoms with Gasteiger partial charge in [-0.15, -0.1) is 22.7 Å². The predicted molar refractivity (Wildman–Crippen MR) is 125 cm³/mol. The number of aryl methyl sites for hydroxylation is 1. The molecule has 8 heteroatoms. The number of carbonyl (C=O) groups is 2. The number of thioether (sulfide) groups is 1. The highest BCUT2D eigenvalue weighted by Gasteiger charge is 2.22. The smallest absolute Gasteiger partial charge is 0.341 e. The van der Waals surface area contributed by atoms with Crippen LogP contribution in [0, 0.1) is 6.92 Å². The number of methoxy groups -OCH3 is 1. The van der Waals surface area contributed by atoms with Crippen LogP contribution < -0.4 is 5.32 Å². The Labute approximate surface area is 186 Å². The average Bonchev–Trinajstić information content (AvgIpc) is 3.41. The van der Waals surface area contributed by atoms with Gasteiger partial charge in [-0.25, -0.2) is 9.78 Å². The van der Waals surface area contributed by atoms with Gasteiger partial charge < -0.3 is 10.1 Å². The van der Waals surface area contributed by atoms with Crippen LogP contribution in [-0.4, -0.2) is 29.7 Å². The molecular weight excluding hydrogens is 436 g/mol. The minimum Gasteiger partial charge on any atom is -0.465 e. The van der Waals surface area contributed by atoms with Gasteiger partial charge in [-0.3, -0.25) is 4.79 Å². The number of anilines is 1. The van der Waals surface area contributed by atoms with Gasteiger partial charge in [-0.1, -0.05) is 36.0 Å². The van der Waals surface area contributed by atoms with Gasteiger partial charge in [0.2, 0.25) is 5.91 Å². The van der Waals surface area contributed by atoms with E-state index in [0.29, 0.717) is 10.6 Å². The lowest BCUT2D eigenvalue weighted by molar-refractivity contribution is -0.113. The molecule has 0 fully saturated rings. The molecule has 1 aromatic carbocycles. The third kappa shape index (κ3) is 4.26. The number of fused-ring (bicyclic) bond motifs is 1. The number of hydrogen-bond acceptors (Lipinski definition) is 7. The van der Waals surface area contributed by atoms with Gasteiger partial charge in [0.05, 0.1) is 23.4 Å². The van der Waals surface area contributed by atoms with Crippen LogP contribution in [0.4, 0.5) is 5.00 Å². The van der Waals surface area contributed by atoms with Crippen LogP contribution in [0.5, 0.6) is 0 Å². The molecule has 3 heterocycles. The SMILES string of the molecule is COC(=O)c1c(-c2cccs2)csc1NC(=O)CSc1cc(C)c2ccccc2n1. The van der Waals surface area contributed by atoms with Crippen molar-refractivity contribution in [1.29, 1.82) is 0 Å². The summed E-state index contributed by atoms with van der Waals surface area (Å²) in [7, 11) is 1.34. The van der Waals surface area contributed by atoms with Crippen LogP contribution in [-0.2, 0) is 9.53 Å². The van der Waals surface area contributed by atoms with Crippen LogP contribution in [0.15, 0.2) is 58.3 Å². The molecule has 0 aliphatic rings. The van der Waals surface area contributed by atoms with Crippen molar-refractivity contribution in [3.63, 3.8) is 0 Å². The van der Waals surface area contributed by atoms with Crippen molar-refractivity contribution in [1.82, 2.24) is 4.98 Å². The maximum Gasteiger partial charge on any atom is 0.341 e. The topological polar surface area (TPSA) is 68.3 Å². The fourth-order valence-electron chi connectivity index (χ4n) is 3.06. The molecule has 0 aliphatic heterocycles. The van der Waals surface area contributed by atoms with Crippen LogP contribution in [0.2, 0.25) is 0 Å². The molecule has 3 aromatic heterocycles. The highest BCUT2D eigenvalue weighted by molar-refractivity contribution is 7.99. The van der Waals surface area contributed by atoms with E-state index in [4.69, 9.17) is 4.74 Å². The summed E-state index contributed by atoms with van der Waals surface area (Å²) in [5.74, 6) is -0.468. The minimum absolute atomic E-state index is 0.192. The predicted octanol–water partition coefficient (Wildman–Crippen LogP) is 5.85. The zero-order valence-electron chi connectivity index (χ0n) is 16.3. The van der Waals surface area contributed by atoms with Crippen molar-refractivity contribution in [3.8, 4) is 10.4 Å². The van der Waals surface area contributed by atoms with Gasteiger partial charge >= 0.3 is 5.97 Å². The monoisotopic (exact) mass is 454 g/mol. The summed E-state index contributed by atoms with van der Waals surface area (Å²) in [5.41, 5.74) is 3.20. The number of para-hydroxylation sites is 1. The largest absolute Gasteiger partial charge is 0.465 e. The molecule has 4 rings (SSSR count). The normalized spacial score (nSPS) is 10.9. The van der Waals surface area contributed by atoms with Crippen molar-refractivity contribution in [3.05, 3.63) is 64.4 Å². The summed E-state index contributed by atoms with van der Waals surface area (Å²) >= 11 is 4.22. The summed E-state index contributed by atoms with van der Waals surface area (Å²) in [6.07, 6.45) is 0. The molecule has 1 amide bonds. The summed E-state index contributed by atoms with van der Waals surface area (Å²) in [6, 6.07) is 13.8. The van der Waals surface area contributed by atoms with Crippen molar-refractivity contribution in [2.75, 3.05) is 18.2 Å². The van der Waals surface area contributed by atoms with Gasteiger partial charge in [-0.2, -0.15) is 0 Å². The van der Waals surface area contributed by atoms with E-state index >= 15 is 0 Å². The molecule has 0 aliphatic carbocycles. The molecule has 0 spiro atoms. The standard InChI is InChI=1S/C22H18N2O3S3/c1-13-10-19(23-16-7-4-3-6-14(13)16)29-12-18(25)24-21-20(22(26)27-2)15(11-30-21)17-8-5-9-28-17/h3-11H,12H2,1-2H3,(H,24,25). The minimum atomic E-state index is -0.463. The van der Waals surface area contributed by atoms with E-state index in [1.54, 1.807) is 0 Å². The van der Waals surface area contributed by atoms with Gasteiger partial charge in [-0.05, 0) is 36.1 Å². The Morgan fingerprint density at radius 3 is 2.77 bits per heavy atom. The zero-order valence-corrected chi connectivity index (χ0v) is 18.7. The van der Waals surface area contributed by atoms with Crippen LogP contribution in [0.1, 0.15) is 15.9 Å². The summed E-state index contributed by atoms with van der Waals surface area (Å²) < 4.78 is 4.94. The van der Waals surface area contributed by atoms with E-state index in [0.717, 1.165) is 31.9 Å². The van der Waals surface area contributed by atoms with Gasteiger partial charge in [0.1, 0.15) is 10.6 Å². The number of nitrogens with one attached hydrogen (secondary N) is 1. The molecule has 0 bridgehead atoms. The average molecular weight is 455 g/mol. The zero-order chi connectivity index (χ0) is 21.1. The summed E-state index contributed by atoms with van der Waals surface area (Å²) in [6.45, 7) is 2.04. The van der Waals surface area contributed by atoms with E-state index in [9.17, 15) is 9.59 Å². The molecule has 0 unspecified atom stereocenters. The van der Waals surface area contributed by atoms with Crippen molar-refractivity contribution in [2.45, 2.75) is 11.9 Å². The number of benzene rings is 1. The second-order valence-electron chi connectivity index (χ2n) is 6.45. The molecule has 30 heavy (non-hydrogen) atoms. The highest BCUT2D eigenvalue weighted by atomic mass is 32.2. The second kappa shape index (κ2) is 8.99. The van der Waals surface area contributed by atoms with E-state index < -0.39 is 5.97 Å². The fourth-order valence-corrected chi connectivity index (χ4v) is 5.62. The Morgan fingerprint density at radius 1 is 1.17 bits per heavy atom. The lowest BCUT2D eigenvalue weighted by Crippen LogP contribution is -2.16. The molecule has 0 saturated heterocycles. The van der Waals surface area contributed by atoms with Crippen molar-refractivity contribution in [2.24, 2.45) is 0 Å².